The first-order valence-electron chi connectivity index (χ1n) is 8.28. The summed E-state index contributed by atoms with van der Waals surface area (Å²) in [5.74, 6) is 1.17. The normalized spacial score (nSPS) is 15.8. The number of aryl methyl sites for hydroxylation is 1. The van der Waals surface area contributed by atoms with Crippen molar-refractivity contribution < 1.29 is 0 Å². The summed E-state index contributed by atoms with van der Waals surface area (Å²) in [6.07, 6.45) is 1.19. The first kappa shape index (κ1) is 16.1. The number of amidine groups is 1. The van der Waals surface area contributed by atoms with Gasteiger partial charge in [0.1, 0.15) is 0 Å². The van der Waals surface area contributed by atoms with Gasteiger partial charge in [-0.15, -0.1) is 0 Å². The molecule has 0 N–H and O–H groups in total. The van der Waals surface area contributed by atoms with Crippen molar-refractivity contribution >= 4 is 16.9 Å². The highest BCUT2D eigenvalue weighted by atomic mass is 32.2. The van der Waals surface area contributed by atoms with Gasteiger partial charge in [0.25, 0.3) is 0 Å². The third-order valence-electron chi connectivity index (χ3n) is 4.25. The van der Waals surface area contributed by atoms with Crippen LogP contribution in [0.15, 0.2) is 59.6 Å². The van der Waals surface area contributed by atoms with Crippen molar-refractivity contribution in [3.8, 4) is 0 Å². The average molecular weight is 324 g/mol. The van der Waals surface area contributed by atoms with Gasteiger partial charge in [0, 0.05) is 18.8 Å². The van der Waals surface area contributed by atoms with Crippen LogP contribution in [0.25, 0.3) is 0 Å². The molecule has 1 aliphatic heterocycles. The van der Waals surface area contributed by atoms with E-state index in [9.17, 15) is 0 Å². The highest BCUT2D eigenvalue weighted by Crippen LogP contribution is 2.28. The lowest BCUT2D eigenvalue weighted by atomic mass is 10.1. The molecule has 2 aromatic carbocycles. The molecule has 0 aromatic heterocycles. The Balaban J connectivity index is 1.87. The Labute approximate surface area is 143 Å². The summed E-state index contributed by atoms with van der Waals surface area (Å²) in [6, 6.07) is 19.9. The van der Waals surface area contributed by atoms with Gasteiger partial charge < -0.3 is 4.90 Å². The zero-order valence-corrected chi connectivity index (χ0v) is 14.7. The monoisotopic (exact) mass is 324 g/mol. The molecule has 120 valence electrons. The van der Waals surface area contributed by atoms with Crippen molar-refractivity contribution in [1.29, 1.82) is 0 Å². The number of hydrogen-bond acceptors (Lipinski definition) is 3. The molecule has 1 atom stereocenters. The summed E-state index contributed by atoms with van der Waals surface area (Å²) in [5, 5.41) is 1.19. The van der Waals surface area contributed by atoms with Gasteiger partial charge in [-0.25, -0.2) is 0 Å². The van der Waals surface area contributed by atoms with Gasteiger partial charge in [-0.3, -0.25) is 4.99 Å². The number of benzene rings is 2. The van der Waals surface area contributed by atoms with Crippen LogP contribution in [0.4, 0.5) is 0 Å². The molecular formula is C20H24N2S. The minimum atomic E-state index is 0.321. The first-order chi connectivity index (χ1) is 11.2. The van der Waals surface area contributed by atoms with Gasteiger partial charge in [-0.1, -0.05) is 71.9 Å². The lowest BCUT2D eigenvalue weighted by Gasteiger charge is -2.33. The van der Waals surface area contributed by atoms with E-state index in [1.54, 1.807) is 0 Å². The maximum absolute atomic E-state index is 4.80. The predicted molar refractivity (Wildman–Crippen MR) is 101 cm³/mol. The van der Waals surface area contributed by atoms with E-state index in [1.165, 1.54) is 34.0 Å². The second-order valence-corrected chi connectivity index (χ2v) is 7.13. The van der Waals surface area contributed by atoms with Crippen LogP contribution in [0.3, 0.4) is 0 Å². The largest absolute Gasteiger partial charge is 0.340 e. The zero-order chi connectivity index (χ0) is 16.1. The molecule has 2 nitrogen and oxygen atoms in total. The number of hydrogen-bond donors (Lipinski definition) is 0. The average Bonchev–Trinajstić information content (AvgIpc) is 2.62. The third-order valence-corrected chi connectivity index (χ3v) is 5.36. The maximum atomic E-state index is 4.80. The van der Waals surface area contributed by atoms with Crippen LogP contribution < -0.4 is 0 Å². The van der Waals surface area contributed by atoms with E-state index in [2.05, 4.69) is 73.3 Å². The molecule has 0 radical (unpaired) electrons. The van der Waals surface area contributed by atoms with Gasteiger partial charge in [0.15, 0.2) is 5.17 Å². The van der Waals surface area contributed by atoms with E-state index in [0.29, 0.717) is 6.04 Å². The van der Waals surface area contributed by atoms with Crippen LogP contribution in [0, 0.1) is 6.92 Å². The molecule has 3 rings (SSSR count). The fourth-order valence-corrected chi connectivity index (χ4v) is 3.82. The molecule has 0 fully saturated rings. The Bertz CT molecular complexity index is 649. The van der Waals surface area contributed by atoms with Crippen LogP contribution in [0.2, 0.25) is 0 Å². The van der Waals surface area contributed by atoms with Crippen LogP contribution in [-0.4, -0.2) is 22.4 Å². The summed E-state index contributed by atoms with van der Waals surface area (Å²) in [4.78, 5) is 7.24. The Kier molecular flexibility index (Phi) is 5.39. The zero-order valence-electron chi connectivity index (χ0n) is 13.9. The Morgan fingerprint density at radius 1 is 1.09 bits per heavy atom. The Morgan fingerprint density at radius 3 is 2.48 bits per heavy atom. The summed E-state index contributed by atoms with van der Waals surface area (Å²) in [7, 11) is 0. The number of aliphatic imine (C=N–C) groups is 1. The molecule has 1 heterocycles. The van der Waals surface area contributed by atoms with Crippen LogP contribution in [0.1, 0.15) is 36.1 Å². The first-order valence-corrected chi connectivity index (χ1v) is 9.27. The molecular weight excluding hydrogens is 300 g/mol. The van der Waals surface area contributed by atoms with Crippen molar-refractivity contribution in [2.75, 3.05) is 12.3 Å². The molecule has 3 heteroatoms. The van der Waals surface area contributed by atoms with E-state index in [0.717, 1.165) is 13.1 Å². The van der Waals surface area contributed by atoms with Crippen LogP contribution in [-0.2, 0) is 6.54 Å². The van der Waals surface area contributed by atoms with E-state index in [1.807, 2.05) is 11.8 Å². The number of nitrogens with zero attached hydrogens (tertiary/aromatic N) is 2. The standard InChI is InChI=1S/C20H24N2S/c1-16-9-11-18(12-10-16)15-22(20-21-13-6-14-23-20)17(2)19-7-4-3-5-8-19/h3-5,7-12,17H,6,13-15H2,1-2H3. The molecule has 0 aliphatic carbocycles. The molecule has 0 spiro atoms. The lowest BCUT2D eigenvalue weighted by Crippen LogP contribution is -2.33. The van der Waals surface area contributed by atoms with Gasteiger partial charge in [0.2, 0.25) is 0 Å². The topological polar surface area (TPSA) is 15.6 Å². The molecule has 0 saturated carbocycles. The minimum absolute atomic E-state index is 0.321. The van der Waals surface area contributed by atoms with Crippen molar-refractivity contribution in [3.63, 3.8) is 0 Å². The quantitative estimate of drug-likeness (QED) is 0.782. The fraction of sp³-hybridized carbons (Fsp3) is 0.350. The SMILES string of the molecule is Cc1ccc(CN(C2=NCCCS2)C(C)c2ccccc2)cc1. The van der Waals surface area contributed by atoms with Crippen molar-refractivity contribution in [1.82, 2.24) is 4.90 Å². The summed E-state index contributed by atoms with van der Waals surface area (Å²) in [5.41, 5.74) is 3.99. The highest BCUT2D eigenvalue weighted by Gasteiger charge is 2.21. The van der Waals surface area contributed by atoms with Crippen molar-refractivity contribution in [2.45, 2.75) is 32.9 Å². The van der Waals surface area contributed by atoms with E-state index in [4.69, 9.17) is 4.99 Å². The Morgan fingerprint density at radius 2 is 1.83 bits per heavy atom. The highest BCUT2D eigenvalue weighted by molar-refractivity contribution is 8.13. The molecule has 0 bridgehead atoms. The van der Waals surface area contributed by atoms with Crippen molar-refractivity contribution in [2.24, 2.45) is 4.99 Å². The maximum Gasteiger partial charge on any atom is 0.159 e. The van der Waals surface area contributed by atoms with Gasteiger partial charge >= 0.3 is 0 Å². The number of rotatable bonds is 4. The third kappa shape index (κ3) is 4.17. The van der Waals surface area contributed by atoms with Crippen molar-refractivity contribution in [3.05, 3.63) is 71.3 Å². The van der Waals surface area contributed by atoms with Gasteiger partial charge in [-0.05, 0) is 31.4 Å². The molecule has 2 aromatic rings. The Hall–Kier alpha value is -1.74. The smallest absolute Gasteiger partial charge is 0.159 e. The number of thioether (sulfide) groups is 1. The molecule has 0 saturated heterocycles. The summed E-state index contributed by atoms with van der Waals surface area (Å²) >= 11 is 1.89. The lowest BCUT2D eigenvalue weighted by molar-refractivity contribution is 0.334. The van der Waals surface area contributed by atoms with Gasteiger partial charge in [0.05, 0.1) is 6.04 Å². The van der Waals surface area contributed by atoms with Crippen LogP contribution >= 0.6 is 11.8 Å². The summed E-state index contributed by atoms with van der Waals surface area (Å²) in [6.45, 7) is 6.27. The van der Waals surface area contributed by atoms with E-state index in [-0.39, 0.29) is 0 Å². The second kappa shape index (κ2) is 7.69. The molecule has 23 heavy (non-hydrogen) atoms. The van der Waals surface area contributed by atoms with Crippen LogP contribution in [0.5, 0.6) is 0 Å². The van der Waals surface area contributed by atoms with E-state index < -0.39 is 0 Å². The van der Waals surface area contributed by atoms with E-state index >= 15 is 0 Å². The molecule has 1 unspecified atom stereocenters. The minimum Gasteiger partial charge on any atom is -0.340 e. The van der Waals surface area contributed by atoms with Gasteiger partial charge in [-0.2, -0.15) is 0 Å². The second-order valence-electron chi connectivity index (χ2n) is 6.07. The predicted octanol–water partition coefficient (Wildman–Crippen LogP) is 5.05. The fourth-order valence-electron chi connectivity index (χ4n) is 2.79. The molecule has 0 amide bonds. The molecule has 1 aliphatic rings. The summed E-state index contributed by atoms with van der Waals surface area (Å²) < 4.78 is 0.